The molecule has 0 aliphatic rings. The van der Waals surface area contributed by atoms with Crippen molar-refractivity contribution in [3.8, 4) is 0 Å². The summed E-state index contributed by atoms with van der Waals surface area (Å²) >= 11 is 0. The van der Waals surface area contributed by atoms with Crippen molar-refractivity contribution in [1.29, 1.82) is 0 Å². The van der Waals surface area contributed by atoms with Gasteiger partial charge < -0.3 is 34.2 Å². The van der Waals surface area contributed by atoms with Gasteiger partial charge in [-0.3, -0.25) is 32.5 Å². The Kier molecular flexibility index (Phi) is 75.6. The van der Waals surface area contributed by atoms with E-state index < -0.39 is 91.5 Å². The Bertz CT molecular complexity index is 2490. The fourth-order valence-corrected chi connectivity index (χ4v) is 12.5. The number of phosphoric acid groups is 2. The van der Waals surface area contributed by atoms with Crippen LogP contribution < -0.4 is 0 Å². The van der Waals surface area contributed by atoms with Gasteiger partial charge in [0, 0.05) is 19.3 Å². The maximum atomic E-state index is 13.0. The first kappa shape index (κ1) is 100. The van der Waals surface area contributed by atoms with Gasteiger partial charge in [0.2, 0.25) is 0 Å². The summed E-state index contributed by atoms with van der Waals surface area (Å²) in [6.07, 6.45) is 97.5. The SMILES string of the molecule is CC/C=C\C/C=C\C/C=C\C/C=C\C/C=C\C/C=C\CCCCCCCCCCCCC(=O)OCC(O)COP(=O)(O)OCC(O)COP(=O)(O)OCC(COC(=O)CCCCCCCCCC/C=C\C/C=C\C/C=C\C/C=C\C/C=C\C/C=C\CC)OC(=O)CCCCCCCCCCCCCCC. The first-order chi connectivity index (χ1) is 51.2. The van der Waals surface area contributed by atoms with Crippen LogP contribution in [0, 0.1) is 0 Å². The first-order valence-electron chi connectivity index (χ1n) is 41.1. The molecule has 0 rings (SSSR count). The molecule has 18 heteroatoms. The van der Waals surface area contributed by atoms with E-state index in [1.54, 1.807) is 0 Å². The number of aliphatic hydroxyl groups excluding tert-OH is 2. The molecule has 5 unspecified atom stereocenters. The molecular formula is C87H148O16P2. The van der Waals surface area contributed by atoms with E-state index in [2.05, 4.69) is 167 Å². The number of carbonyl (C=O) groups excluding carboxylic acids is 3. The van der Waals surface area contributed by atoms with Crippen LogP contribution in [0.4, 0.5) is 0 Å². The number of unbranched alkanes of at least 4 members (excludes halogenated alkanes) is 30. The van der Waals surface area contributed by atoms with Gasteiger partial charge >= 0.3 is 33.6 Å². The molecule has 0 heterocycles. The minimum atomic E-state index is -4.93. The zero-order valence-electron chi connectivity index (χ0n) is 65.9. The third-order valence-corrected chi connectivity index (χ3v) is 19.0. The molecule has 0 aromatic heterocycles. The number of rotatable bonds is 77. The smallest absolute Gasteiger partial charge is 0.463 e. The summed E-state index contributed by atoms with van der Waals surface area (Å²) in [7, 11) is -9.79. The van der Waals surface area contributed by atoms with E-state index in [1.165, 1.54) is 96.3 Å². The van der Waals surface area contributed by atoms with Gasteiger partial charge in [-0.15, -0.1) is 0 Å². The molecule has 0 bridgehead atoms. The normalized spacial score (nSPS) is 14.7. The zero-order valence-corrected chi connectivity index (χ0v) is 67.6. The standard InChI is InChI=1S/C87H148O16P2/c1-4-7-10-13-16-19-22-25-27-29-31-33-35-37-39-40-42-44-45-47-49-51-53-56-58-61-64-67-70-73-85(90)97-76-82(88)77-99-104(93,94)100-78-83(89)79-101-105(95,96)102-81-84(103-87(92)75-72-69-66-63-60-55-24-21-18-15-12-9-6-3)80-98-86(91)74-71-68-65-62-59-57-54-52-50-48-46-43-41-38-36-34-32-30-28-26-23-20-17-14-11-8-5-2/h7-8,10-11,16-17,19-20,25-28,31-34,37-39,41-42,44,46,48,82-84,88-89H,4-6,9,12-15,18,21-24,29-30,35-36,40,43,45,47,49-81H2,1-3H3,(H,93,94)(H,95,96)/b10-7-,11-8-,19-16-,20-17-,27-25-,28-26-,33-31-,34-32-,39-37-,41-38-,44-42-,48-46-. The fourth-order valence-electron chi connectivity index (χ4n) is 10.9. The van der Waals surface area contributed by atoms with E-state index in [1.807, 2.05) is 0 Å². The van der Waals surface area contributed by atoms with Gasteiger partial charge in [0.25, 0.3) is 0 Å². The predicted molar refractivity (Wildman–Crippen MR) is 436 cm³/mol. The van der Waals surface area contributed by atoms with Gasteiger partial charge in [-0.25, -0.2) is 9.13 Å². The summed E-state index contributed by atoms with van der Waals surface area (Å²) < 4.78 is 61.2. The van der Waals surface area contributed by atoms with Gasteiger partial charge in [-0.2, -0.15) is 0 Å². The zero-order chi connectivity index (χ0) is 76.6. The summed E-state index contributed by atoms with van der Waals surface area (Å²) in [6, 6.07) is 0. The van der Waals surface area contributed by atoms with Gasteiger partial charge in [0.1, 0.15) is 25.4 Å². The number of ether oxygens (including phenoxy) is 3. The molecule has 0 saturated heterocycles. The highest BCUT2D eigenvalue weighted by Gasteiger charge is 2.29. The number of phosphoric ester groups is 2. The van der Waals surface area contributed by atoms with Crippen molar-refractivity contribution in [3.05, 3.63) is 146 Å². The number of esters is 3. The Morgan fingerprint density at radius 2 is 0.505 bits per heavy atom. The lowest BCUT2D eigenvalue weighted by molar-refractivity contribution is -0.161. The van der Waals surface area contributed by atoms with Crippen molar-refractivity contribution in [2.75, 3.05) is 39.6 Å². The quantitative estimate of drug-likeness (QED) is 0.0146. The molecule has 0 radical (unpaired) electrons. The molecule has 105 heavy (non-hydrogen) atoms. The van der Waals surface area contributed by atoms with Crippen LogP contribution in [-0.2, 0) is 55.8 Å². The Balaban J connectivity index is 4.52. The van der Waals surface area contributed by atoms with Crippen molar-refractivity contribution in [1.82, 2.24) is 0 Å². The predicted octanol–water partition coefficient (Wildman–Crippen LogP) is 24.4. The van der Waals surface area contributed by atoms with Crippen LogP contribution in [0.25, 0.3) is 0 Å². The van der Waals surface area contributed by atoms with Crippen molar-refractivity contribution in [2.45, 2.75) is 347 Å². The lowest BCUT2D eigenvalue weighted by atomic mass is 10.0. The van der Waals surface area contributed by atoms with Gasteiger partial charge in [-0.1, -0.05) is 334 Å². The highest BCUT2D eigenvalue weighted by molar-refractivity contribution is 7.47. The lowest BCUT2D eigenvalue weighted by Crippen LogP contribution is -2.30. The minimum absolute atomic E-state index is 0.103. The van der Waals surface area contributed by atoms with E-state index in [9.17, 15) is 43.5 Å². The Morgan fingerprint density at radius 3 is 0.800 bits per heavy atom. The third kappa shape index (κ3) is 80.3. The summed E-state index contributed by atoms with van der Waals surface area (Å²) in [5.74, 6) is -1.58. The van der Waals surface area contributed by atoms with Crippen LogP contribution in [0.2, 0.25) is 0 Å². The van der Waals surface area contributed by atoms with Crippen LogP contribution in [0.3, 0.4) is 0 Å². The van der Waals surface area contributed by atoms with Crippen LogP contribution in [0.5, 0.6) is 0 Å². The van der Waals surface area contributed by atoms with E-state index >= 15 is 0 Å². The van der Waals surface area contributed by atoms with Gasteiger partial charge in [0.05, 0.1) is 26.4 Å². The topological polar surface area (TPSA) is 231 Å². The van der Waals surface area contributed by atoms with Crippen LogP contribution in [0.1, 0.15) is 329 Å². The van der Waals surface area contributed by atoms with Crippen molar-refractivity contribution in [3.63, 3.8) is 0 Å². The first-order valence-corrected chi connectivity index (χ1v) is 44.1. The van der Waals surface area contributed by atoms with Crippen LogP contribution in [0.15, 0.2) is 146 Å². The molecule has 0 saturated carbocycles. The molecule has 5 atom stereocenters. The number of hydrogen-bond acceptors (Lipinski definition) is 14. The average Bonchev–Trinajstić information content (AvgIpc) is 0.912. The number of carbonyl (C=O) groups is 3. The number of hydrogen-bond donors (Lipinski definition) is 4. The molecule has 0 amide bonds. The summed E-state index contributed by atoms with van der Waals surface area (Å²) in [6.45, 7) is 2.46. The molecule has 16 nitrogen and oxygen atoms in total. The Labute approximate surface area is 638 Å². The van der Waals surface area contributed by atoms with Gasteiger partial charge in [0.15, 0.2) is 6.10 Å². The molecule has 0 spiro atoms. The maximum Gasteiger partial charge on any atom is 0.472 e. The summed E-state index contributed by atoms with van der Waals surface area (Å²) in [5, 5.41) is 20.7. The Morgan fingerprint density at radius 1 is 0.276 bits per heavy atom. The third-order valence-electron chi connectivity index (χ3n) is 17.1. The van der Waals surface area contributed by atoms with Crippen molar-refractivity contribution >= 4 is 33.6 Å². The second kappa shape index (κ2) is 79.0. The molecule has 4 N–H and O–H groups in total. The van der Waals surface area contributed by atoms with Gasteiger partial charge in [-0.05, 0) is 122 Å². The Hall–Kier alpha value is -4.57. The van der Waals surface area contributed by atoms with E-state index in [4.69, 9.17) is 32.3 Å². The average molecular weight is 1510 g/mol. The lowest BCUT2D eigenvalue weighted by Gasteiger charge is -2.21. The van der Waals surface area contributed by atoms with Crippen LogP contribution >= 0.6 is 15.6 Å². The second-order valence-electron chi connectivity index (χ2n) is 27.2. The number of aliphatic hydroxyl groups is 2. The minimum Gasteiger partial charge on any atom is -0.463 e. The fraction of sp³-hybridized carbons (Fsp3) is 0.690. The van der Waals surface area contributed by atoms with E-state index in [0.29, 0.717) is 19.3 Å². The molecule has 0 aliphatic carbocycles. The highest BCUT2D eigenvalue weighted by atomic mass is 31.2. The highest BCUT2D eigenvalue weighted by Crippen LogP contribution is 2.45. The maximum absolute atomic E-state index is 13.0. The largest absolute Gasteiger partial charge is 0.472 e. The molecule has 0 aromatic carbocycles. The monoisotopic (exact) mass is 1510 g/mol. The van der Waals surface area contributed by atoms with E-state index in [-0.39, 0.29) is 19.3 Å². The number of allylic oxidation sites excluding steroid dienone is 24. The molecule has 0 fully saturated rings. The molecule has 0 aliphatic heterocycles. The summed E-state index contributed by atoms with van der Waals surface area (Å²) in [5.41, 5.74) is 0. The van der Waals surface area contributed by atoms with E-state index in [0.717, 1.165) is 173 Å². The van der Waals surface area contributed by atoms with Crippen molar-refractivity contribution in [2.24, 2.45) is 0 Å². The summed E-state index contributed by atoms with van der Waals surface area (Å²) in [4.78, 5) is 58.7. The van der Waals surface area contributed by atoms with Crippen LogP contribution in [-0.4, -0.2) is 95.9 Å². The molecule has 602 valence electrons. The molecule has 0 aromatic rings. The second-order valence-corrected chi connectivity index (χ2v) is 30.1. The molecular weight excluding hydrogens is 1360 g/mol. The van der Waals surface area contributed by atoms with Crippen molar-refractivity contribution < 1.29 is 75.8 Å².